The average molecular weight is 277 g/mol. The van der Waals surface area contributed by atoms with Gasteiger partial charge >= 0.3 is 0 Å². The lowest BCUT2D eigenvalue weighted by molar-refractivity contribution is -0.117. The van der Waals surface area contributed by atoms with Crippen molar-refractivity contribution >= 4 is 45.6 Å². The lowest BCUT2D eigenvalue weighted by Crippen LogP contribution is -2.16. The fraction of sp³-hybridized carbons (Fsp3) is 0.600. The lowest BCUT2D eigenvalue weighted by atomic mass is 10.3. The molecule has 1 N–H and O–H groups in total. The molecule has 2 aliphatic rings. The maximum atomic E-state index is 11.7. The van der Waals surface area contributed by atoms with Crippen LogP contribution in [0.2, 0.25) is 0 Å². The molecule has 0 aliphatic heterocycles. The van der Waals surface area contributed by atoms with Gasteiger partial charge in [-0.1, -0.05) is 0 Å². The number of carbonyl (C=O) groups is 1. The number of alkyl halides is 2. The summed E-state index contributed by atoms with van der Waals surface area (Å²) in [6.07, 6.45) is 2.96. The first-order chi connectivity index (χ1) is 7.56. The predicted octanol–water partition coefficient (Wildman–Crippen LogP) is 3.15. The second-order valence-electron chi connectivity index (χ2n) is 4.36. The highest BCUT2D eigenvalue weighted by atomic mass is 35.5. The number of hydrogen-bond acceptors (Lipinski definition) is 3. The van der Waals surface area contributed by atoms with Crippen LogP contribution in [0, 0.1) is 5.92 Å². The van der Waals surface area contributed by atoms with Gasteiger partial charge < -0.3 is 5.32 Å². The van der Waals surface area contributed by atoms with Gasteiger partial charge in [0.1, 0.15) is 4.33 Å². The van der Waals surface area contributed by atoms with Gasteiger partial charge in [-0.05, 0) is 19.3 Å². The quantitative estimate of drug-likeness (QED) is 0.862. The molecule has 2 aliphatic carbocycles. The largest absolute Gasteiger partial charge is 0.302 e. The zero-order valence-corrected chi connectivity index (χ0v) is 10.7. The summed E-state index contributed by atoms with van der Waals surface area (Å²) in [7, 11) is 0. The number of aromatic nitrogens is 1. The molecule has 3 rings (SSSR count). The SMILES string of the molecule is O=C(Nc1nc(C2CC2)cs1)[C@H]1CC1(Cl)Cl. The molecule has 1 atom stereocenters. The standard InChI is InChI=1S/C10H10Cl2N2OS/c11-10(12)3-6(10)8(15)14-9-13-7(4-16-9)5-1-2-5/h4-6H,1-3H2,(H,13,14,15)/t6-/m1/s1. The number of rotatable bonds is 3. The number of halogens is 2. The van der Waals surface area contributed by atoms with Gasteiger partial charge in [0.05, 0.1) is 11.6 Å². The molecule has 1 heterocycles. The van der Waals surface area contributed by atoms with Crippen molar-refractivity contribution in [3.05, 3.63) is 11.1 Å². The second kappa shape index (κ2) is 3.59. The molecule has 3 nitrogen and oxygen atoms in total. The van der Waals surface area contributed by atoms with Crippen LogP contribution in [0.4, 0.5) is 5.13 Å². The van der Waals surface area contributed by atoms with E-state index in [1.54, 1.807) is 0 Å². The van der Waals surface area contributed by atoms with E-state index in [9.17, 15) is 4.79 Å². The Balaban J connectivity index is 1.63. The zero-order valence-electron chi connectivity index (χ0n) is 8.37. The highest BCUT2D eigenvalue weighted by Crippen LogP contribution is 2.53. The summed E-state index contributed by atoms with van der Waals surface area (Å²) in [4.78, 5) is 16.0. The molecule has 0 aromatic carbocycles. The first-order valence-electron chi connectivity index (χ1n) is 5.20. The van der Waals surface area contributed by atoms with Crippen molar-refractivity contribution in [1.29, 1.82) is 0 Å². The van der Waals surface area contributed by atoms with E-state index in [0.717, 1.165) is 5.69 Å². The fourth-order valence-corrected chi connectivity index (χ4v) is 2.90. The first kappa shape index (κ1) is 10.8. The fourth-order valence-electron chi connectivity index (χ4n) is 1.60. The Labute approximate surface area is 107 Å². The molecule has 0 spiro atoms. The Kier molecular flexibility index (Phi) is 2.42. The van der Waals surface area contributed by atoms with Crippen LogP contribution in [-0.2, 0) is 4.79 Å². The van der Waals surface area contributed by atoms with Gasteiger partial charge in [-0.15, -0.1) is 34.5 Å². The zero-order chi connectivity index (χ0) is 11.3. The van der Waals surface area contributed by atoms with Crippen LogP contribution >= 0.6 is 34.5 Å². The number of thiazole rings is 1. The highest BCUT2D eigenvalue weighted by molar-refractivity contribution is 7.14. The maximum absolute atomic E-state index is 11.7. The summed E-state index contributed by atoms with van der Waals surface area (Å²) in [5, 5.41) is 5.43. The average Bonchev–Trinajstić information content (AvgIpc) is 3.10. The third-order valence-corrected chi connectivity index (χ3v) is 4.50. The van der Waals surface area contributed by atoms with Crippen LogP contribution in [0.25, 0.3) is 0 Å². The molecule has 0 radical (unpaired) electrons. The Morgan fingerprint density at radius 3 is 2.81 bits per heavy atom. The number of nitrogens with zero attached hydrogens (tertiary/aromatic N) is 1. The summed E-state index contributed by atoms with van der Waals surface area (Å²) < 4.78 is -0.860. The molecule has 0 bridgehead atoms. The Morgan fingerprint density at radius 2 is 2.25 bits per heavy atom. The van der Waals surface area contributed by atoms with Gasteiger partial charge in [-0.25, -0.2) is 4.98 Å². The molecule has 0 unspecified atom stereocenters. The third-order valence-electron chi connectivity index (χ3n) is 2.89. The molecule has 86 valence electrons. The summed E-state index contributed by atoms with van der Waals surface area (Å²) in [6.45, 7) is 0. The van der Waals surface area contributed by atoms with Gasteiger partial charge in [-0.3, -0.25) is 4.79 Å². The number of anilines is 1. The Morgan fingerprint density at radius 1 is 1.56 bits per heavy atom. The molecule has 1 aromatic rings. The van der Waals surface area contributed by atoms with Gasteiger partial charge in [0, 0.05) is 11.3 Å². The molecule has 6 heteroatoms. The topological polar surface area (TPSA) is 42.0 Å². The Bertz CT molecular complexity index is 442. The molecular formula is C10H10Cl2N2OS. The van der Waals surface area contributed by atoms with Crippen LogP contribution in [0.5, 0.6) is 0 Å². The molecule has 1 aromatic heterocycles. The van der Waals surface area contributed by atoms with E-state index in [0.29, 0.717) is 17.5 Å². The minimum absolute atomic E-state index is 0.123. The van der Waals surface area contributed by atoms with Crippen LogP contribution in [0.1, 0.15) is 30.9 Å². The van der Waals surface area contributed by atoms with E-state index in [-0.39, 0.29) is 11.8 Å². The van der Waals surface area contributed by atoms with Gasteiger partial charge in [0.25, 0.3) is 0 Å². The lowest BCUT2D eigenvalue weighted by Gasteiger charge is -2.00. The van der Waals surface area contributed by atoms with Crippen LogP contribution in [0.3, 0.4) is 0 Å². The van der Waals surface area contributed by atoms with E-state index in [1.807, 2.05) is 5.38 Å². The van der Waals surface area contributed by atoms with E-state index in [4.69, 9.17) is 23.2 Å². The smallest absolute Gasteiger partial charge is 0.232 e. The van der Waals surface area contributed by atoms with E-state index in [2.05, 4.69) is 10.3 Å². The third kappa shape index (κ3) is 2.06. The van der Waals surface area contributed by atoms with Gasteiger partial charge in [0.2, 0.25) is 5.91 Å². The van der Waals surface area contributed by atoms with E-state index >= 15 is 0 Å². The van der Waals surface area contributed by atoms with Crippen LogP contribution in [-0.4, -0.2) is 15.2 Å². The number of carbonyl (C=O) groups excluding carboxylic acids is 1. The normalized spacial score (nSPS) is 26.5. The first-order valence-corrected chi connectivity index (χ1v) is 6.84. The molecule has 2 fully saturated rings. The minimum atomic E-state index is -0.860. The molecule has 2 saturated carbocycles. The van der Waals surface area contributed by atoms with Crippen LogP contribution < -0.4 is 5.32 Å². The highest BCUT2D eigenvalue weighted by Gasteiger charge is 2.56. The monoisotopic (exact) mass is 276 g/mol. The number of nitrogens with one attached hydrogen (secondary N) is 1. The van der Waals surface area contributed by atoms with Gasteiger partial charge in [0.15, 0.2) is 5.13 Å². The molecule has 1 amide bonds. The van der Waals surface area contributed by atoms with Crippen molar-refractivity contribution in [1.82, 2.24) is 4.98 Å². The predicted molar refractivity (Wildman–Crippen MR) is 65.3 cm³/mol. The van der Waals surface area contributed by atoms with Crippen molar-refractivity contribution in [2.45, 2.75) is 29.5 Å². The second-order valence-corrected chi connectivity index (χ2v) is 6.76. The summed E-state index contributed by atoms with van der Waals surface area (Å²) in [6, 6.07) is 0. The van der Waals surface area contributed by atoms with E-state index in [1.165, 1.54) is 24.2 Å². The maximum Gasteiger partial charge on any atom is 0.232 e. The molecule has 0 saturated heterocycles. The van der Waals surface area contributed by atoms with Crippen molar-refractivity contribution in [2.75, 3.05) is 5.32 Å². The van der Waals surface area contributed by atoms with Crippen molar-refractivity contribution in [2.24, 2.45) is 5.92 Å². The number of amides is 1. The van der Waals surface area contributed by atoms with Crippen molar-refractivity contribution in [3.63, 3.8) is 0 Å². The summed E-state index contributed by atoms with van der Waals surface area (Å²) in [5.74, 6) is 0.203. The summed E-state index contributed by atoms with van der Waals surface area (Å²) >= 11 is 13.1. The minimum Gasteiger partial charge on any atom is -0.302 e. The van der Waals surface area contributed by atoms with Crippen LogP contribution in [0.15, 0.2) is 5.38 Å². The van der Waals surface area contributed by atoms with Crippen molar-refractivity contribution in [3.8, 4) is 0 Å². The van der Waals surface area contributed by atoms with Gasteiger partial charge in [-0.2, -0.15) is 0 Å². The number of hydrogen-bond donors (Lipinski definition) is 1. The molecular weight excluding hydrogens is 267 g/mol. The van der Waals surface area contributed by atoms with E-state index < -0.39 is 4.33 Å². The van der Waals surface area contributed by atoms with Crippen molar-refractivity contribution < 1.29 is 4.79 Å². The Hall–Kier alpha value is -0.320. The molecule has 16 heavy (non-hydrogen) atoms. The summed E-state index contributed by atoms with van der Waals surface area (Å²) in [5.41, 5.74) is 1.10.